The normalized spacial score (nSPS) is 11.0. The van der Waals surface area contributed by atoms with Crippen LogP contribution >= 0.6 is 0 Å². The van der Waals surface area contributed by atoms with E-state index in [1.165, 1.54) is 0 Å². The average molecular weight is 192 g/mol. The number of allylic oxidation sites excluding steroid dienone is 1. The molecule has 0 radical (unpaired) electrons. The van der Waals surface area contributed by atoms with Crippen LogP contribution in [0.3, 0.4) is 0 Å². The van der Waals surface area contributed by atoms with Crippen molar-refractivity contribution in [1.29, 1.82) is 0 Å². The van der Waals surface area contributed by atoms with E-state index < -0.39 is 0 Å². The van der Waals surface area contributed by atoms with E-state index in [4.69, 9.17) is 0 Å². The standard InChI is InChI=1S/C12H16O2/c1-3-5-9-7-12(14)10(6-4-2)8-11(9)13/h3,5,7-8,13-14H,4,6H2,1-2H3/b5-3+. The first-order valence-corrected chi connectivity index (χ1v) is 4.86. The van der Waals surface area contributed by atoms with Crippen LogP contribution in [0.25, 0.3) is 6.08 Å². The molecule has 2 N–H and O–H groups in total. The first kappa shape index (κ1) is 10.6. The van der Waals surface area contributed by atoms with E-state index in [1.807, 2.05) is 19.9 Å². The highest BCUT2D eigenvalue weighted by molar-refractivity contribution is 5.60. The van der Waals surface area contributed by atoms with E-state index in [-0.39, 0.29) is 11.5 Å². The number of benzene rings is 1. The van der Waals surface area contributed by atoms with Crippen LogP contribution in [-0.2, 0) is 6.42 Å². The smallest absolute Gasteiger partial charge is 0.123 e. The maximum absolute atomic E-state index is 9.63. The van der Waals surface area contributed by atoms with Gasteiger partial charge in [0, 0.05) is 5.56 Å². The summed E-state index contributed by atoms with van der Waals surface area (Å²) in [5.74, 6) is 0.488. The highest BCUT2D eigenvalue weighted by Gasteiger charge is 2.05. The number of rotatable bonds is 3. The van der Waals surface area contributed by atoms with Crippen LogP contribution in [0.2, 0.25) is 0 Å². The van der Waals surface area contributed by atoms with Gasteiger partial charge in [0.05, 0.1) is 0 Å². The molecule has 2 nitrogen and oxygen atoms in total. The summed E-state index contributed by atoms with van der Waals surface area (Å²) in [6.45, 7) is 3.91. The molecule has 0 aliphatic carbocycles. The molecule has 2 heteroatoms. The Bertz CT molecular complexity index is 340. The van der Waals surface area contributed by atoms with Crippen LogP contribution < -0.4 is 0 Å². The van der Waals surface area contributed by atoms with Gasteiger partial charge in [-0.2, -0.15) is 0 Å². The lowest BCUT2D eigenvalue weighted by molar-refractivity contribution is 0.453. The van der Waals surface area contributed by atoms with Gasteiger partial charge in [-0.3, -0.25) is 0 Å². The minimum atomic E-state index is 0.226. The fraction of sp³-hybridized carbons (Fsp3) is 0.333. The highest BCUT2D eigenvalue weighted by Crippen LogP contribution is 2.28. The zero-order chi connectivity index (χ0) is 10.6. The molecule has 0 saturated heterocycles. The number of phenols is 2. The minimum Gasteiger partial charge on any atom is -0.508 e. The van der Waals surface area contributed by atoms with E-state index in [2.05, 4.69) is 0 Å². The van der Waals surface area contributed by atoms with Gasteiger partial charge in [0.15, 0.2) is 0 Å². The van der Waals surface area contributed by atoms with Crippen molar-refractivity contribution in [2.24, 2.45) is 0 Å². The molecule has 0 aromatic heterocycles. The summed E-state index contributed by atoms with van der Waals surface area (Å²) >= 11 is 0. The quantitative estimate of drug-likeness (QED) is 0.722. The third-order valence-electron chi connectivity index (χ3n) is 2.09. The molecule has 0 atom stereocenters. The molecule has 1 aromatic rings. The molecular weight excluding hydrogens is 176 g/mol. The second-order valence-electron chi connectivity index (χ2n) is 3.29. The second-order valence-corrected chi connectivity index (χ2v) is 3.29. The lowest BCUT2D eigenvalue weighted by Crippen LogP contribution is -1.86. The summed E-state index contributed by atoms with van der Waals surface area (Å²) in [5, 5.41) is 19.2. The Balaban J connectivity index is 3.10. The van der Waals surface area contributed by atoms with Crippen LogP contribution in [0.1, 0.15) is 31.4 Å². The summed E-state index contributed by atoms with van der Waals surface area (Å²) in [5.41, 5.74) is 1.46. The summed E-state index contributed by atoms with van der Waals surface area (Å²) in [7, 11) is 0. The Hall–Kier alpha value is -1.44. The third-order valence-corrected chi connectivity index (χ3v) is 2.09. The van der Waals surface area contributed by atoms with Crippen molar-refractivity contribution in [2.75, 3.05) is 0 Å². The van der Waals surface area contributed by atoms with Crippen molar-refractivity contribution in [1.82, 2.24) is 0 Å². The number of hydrogen-bond donors (Lipinski definition) is 2. The first-order valence-electron chi connectivity index (χ1n) is 4.86. The fourth-order valence-corrected chi connectivity index (χ4v) is 1.42. The topological polar surface area (TPSA) is 40.5 Å². The van der Waals surface area contributed by atoms with Crippen LogP contribution in [-0.4, -0.2) is 10.2 Å². The van der Waals surface area contributed by atoms with Crippen LogP contribution in [0.4, 0.5) is 0 Å². The SMILES string of the molecule is C/C=C/c1cc(O)c(CCC)cc1O. The largest absolute Gasteiger partial charge is 0.508 e. The second kappa shape index (κ2) is 4.70. The van der Waals surface area contributed by atoms with Gasteiger partial charge in [0.1, 0.15) is 11.5 Å². The van der Waals surface area contributed by atoms with Gasteiger partial charge in [0.25, 0.3) is 0 Å². The van der Waals surface area contributed by atoms with Crippen LogP contribution in [0, 0.1) is 0 Å². The van der Waals surface area contributed by atoms with E-state index in [9.17, 15) is 10.2 Å². The molecule has 0 spiro atoms. The molecule has 0 heterocycles. The Morgan fingerprint density at radius 2 is 1.93 bits per heavy atom. The summed E-state index contributed by atoms with van der Waals surface area (Å²) in [4.78, 5) is 0. The molecular formula is C12H16O2. The number of phenolic OH excluding ortho intramolecular Hbond substituents is 2. The molecule has 0 bridgehead atoms. The highest BCUT2D eigenvalue weighted by atomic mass is 16.3. The summed E-state index contributed by atoms with van der Waals surface area (Å²) in [6.07, 6.45) is 5.34. The van der Waals surface area contributed by atoms with E-state index >= 15 is 0 Å². The van der Waals surface area contributed by atoms with Gasteiger partial charge in [0.2, 0.25) is 0 Å². The maximum atomic E-state index is 9.63. The summed E-state index contributed by atoms with van der Waals surface area (Å²) in [6, 6.07) is 3.23. The van der Waals surface area contributed by atoms with E-state index in [1.54, 1.807) is 18.2 Å². The zero-order valence-corrected chi connectivity index (χ0v) is 8.62. The number of aromatic hydroxyl groups is 2. The molecule has 0 unspecified atom stereocenters. The average Bonchev–Trinajstić information content (AvgIpc) is 2.14. The Kier molecular flexibility index (Phi) is 3.57. The predicted octanol–water partition coefficient (Wildman–Crippen LogP) is 3.08. The molecule has 0 aliphatic rings. The number of hydrogen-bond acceptors (Lipinski definition) is 2. The summed E-state index contributed by atoms with van der Waals surface area (Å²) < 4.78 is 0. The van der Waals surface area contributed by atoms with Gasteiger partial charge >= 0.3 is 0 Å². The first-order chi connectivity index (χ1) is 6.69. The van der Waals surface area contributed by atoms with Crippen molar-refractivity contribution in [3.63, 3.8) is 0 Å². The molecule has 1 rings (SSSR count). The fourth-order valence-electron chi connectivity index (χ4n) is 1.42. The number of aryl methyl sites for hydroxylation is 1. The van der Waals surface area contributed by atoms with Crippen molar-refractivity contribution in [3.8, 4) is 11.5 Å². The van der Waals surface area contributed by atoms with Gasteiger partial charge in [-0.1, -0.05) is 25.5 Å². The van der Waals surface area contributed by atoms with E-state index in [0.717, 1.165) is 18.4 Å². The Morgan fingerprint density at radius 1 is 1.21 bits per heavy atom. The molecule has 0 fully saturated rings. The van der Waals surface area contributed by atoms with Gasteiger partial charge in [-0.15, -0.1) is 0 Å². The van der Waals surface area contributed by atoms with Crippen molar-refractivity contribution in [3.05, 3.63) is 29.3 Å². The molecule has 0 amide bonds. The lowest BCUT2D eigenvalue weighted by atomic mass is 10.0. The molecule has 0 aliphatic heterocycles. The molecule has 1 aromatic carbocycles. The van der Waals surface area contributed by atoms with Crippen molar-refractivity contribution < 1.29 is 10.2 Å². The monoisotopic (exact) mass is 192 g/mol. The lowest BCUT2D eigenvalue weighted by Gasteiger charge is -2.06. The minimum absolute atomic E-state index is 0.226. The van der Waals surface area contributed by atoms with Crippen LogP contribution in [0.5, 0.6) is 11.5 Å². The van der Waals surface area contributed by atoms with Gasteiger partial charge < -0.3 is 10.2 Å². The molecule has 76 valence electrons. The van der Waals surface area contributed by atoms with Crippen molar-refractivity contribution in [2.45, 2.75) is 26.7 Å². The third kappa shape index (κ3) is 2.28. The van der Waals surface area contributed by atoms with Gasteiger partial charge in [-0.25, -0.2) is 0 Å². The Morgan fingerprint density at radius 3 is 2.50 bits per heavy atom. The Labute approximate surface area is 84.5 Å². The van der Waals surface area contributed by atoms with Crippen LogP contribution in [0.15, 0.2) is 18.2 Å². The zero-order valence-electron chi connectivity index (χ0n) is 8.62. The molecule has 0 saturated carbocycles. The maximum Gasteiger partial charge on any atom is 0.123 e. The predicted molar refractivity (Wildman–Crippen MR) is 58.5 cm³/mol. The molecule has 14 heavy (non-hydrogen) atoms. The van der Waals surface area contributed by atoms with E-state index in [0.29, 0.717) is 5.56 Å². The van der Waals surface area contributed by atoms with Crippen molar-refractivity contribution >= 4 is 6.08 Å². The van der Waals surface area contributed by atoms with Gasteiger partial charge in [-0.05, 0) is 31.0 Å².